The molecule has 1 nitrogen and oxygen atoms in total. The van der Waals surface area contributed by atoms with Gasteiger partial charge < -0.3 is 5.11 Å². The molecule has 2 aliphatic rings. The van der Waals surface area contributed by atoms with Crippen molar-refractivity contribution in [2.45, 2.75) is 46.5 Å². The molecule has 0 saturated heterocycles. The van der Waals surface area contributed by atoms with Crippen molar-refractivity contribution in [1.29, 1.82) is 0 Å². The molecule has 2 aliphatic carbocycles. The molecule has 0 spiro atoms. The van der Waals surface area contributed by atoms with Gasteiger partial charge in [0.15, 0.2) is 0 Å². The van der Waals surface area contributed by atoms with Crippen LogP contribution in [0.5, 0.6) is 0 Å². The van der Waals surface area contributed by atoms with Gasteiger partial charge in [-0.3, -0.25) is 0 Å². The molecule has 1 N–H and O–H groups in total. The molecule has 0 aromatic carbocycles. The van der Waals surface area contributed by atoms with Gasteiger partial charge in [-0.25, -0.2) is 0 Å². The Hall–Kier alpha value is -0.300. The molecule has 1 heteroatoms. The van der Waals surface area contributed by atoms with E-state index in [1.165, 1.54) is 19.3 Å². The second-order valence-electron chi connectivity index (χ2n) is 6.42. The maximum atomic E-state index is 8.95. The molecule has 0 aromatic heterocycles. The SMILES string of the molecule is C=C(CO)CCC1CC2C[C@]2(C)C1(C)C. The third-order valence-corrected chi connectivity index (χ3v) is 5.54. The highest BCUT2D eigenvalue weighted by Gasteiger charge is 2.66. The molecule has 2 fully saturated rings. The van der Waals surface area contributed by atoms with Crippen molar-refractivity contribution >= 4 is 0 Å². The van der Waals surface area contributed by atoms with Crippen LogP contribution >= 0.6 is 0 Å². The Labute approximate surface area is 93.6 Å². The zero-order valence-corrected chi connectivity index (χ0v) is 10.3. The zero-order valence-electron chi connectivity index (χ0n) is 10.3. The van der Waals surface area contributed by atoms with Crippen LogP contribution < -0.4 is 0 Å². The number of fused-ring (bicyclic) bond motifs is 1. The van der Waals surface area contributed by atoms with E-state index in [1.807, 2.05) is 0 Å². The summed E-state index contributed by atoms with van der Waals surface area (Å²) in [5.41, 5.74) is 2.11. The highest BCUT2D eigenvalue weighted by Crippen LogP contribution is 2.74. The number of aliphatic hydroxyl groups is 1. The van der Waals surface area contributed by atoms with Gasteiger partial charge in [0.2, 0.25) is 0 Å². The predicted octanol–water partition coefficient (Wildman–Crippen LogP) is 3.39. The van der Waals surface area contributed by atoms with E-state index in [-0.39, 0.29) is 6.61 Å². The van der Waals surface area contributed by atoms with E-state index in [9.17, 15) is 0 Å². The van der Waals surface area contributed by atoms with Crippen LogP contribution in [0, 0.1) is 22.7 Å². The fourth-order valence-corrected chi connectivity index (χ4v) is 3.63. The lowest BCUT2D eigenvalue weighted by Crippen LogP contribution is -2.28. The molecule has 2 rings (SSSR count). The van der Waals surface area contributed by atoms with Crippen LogP contribution in [-0.2, 0) is 0 Å². The summed E-state index contributed by atoms with van der Waals surface area (Å²) in [7, 11) is 0. The van der Waals surface area contributed by atoms with Crippen LogP contribution in [0.1, 0.15) is 46.5 Å². The Balaban J connectivity index is 1.93. The molecule has 0 bridgehead atoms. The Kier molecular flexibility index (Phi) is 2.50. The van der Waals surface area contributed by atoms with E-state index in [0.717, 1.165) is 23.8 Å². The molecule has 15 heavy (non-hydrogen) atoms. The minimum Gasteiger partial charge on any atom is -0.392 e. The van der Waals surface area contributed by atoms with E-state index in [4.69, 9.17) is 5.11 Å². The highest BCUT2D eigenvalue weighted by atomic mass is 16.3. The zero-order chi connectivity index (χ0) is 11.3. The van der Waals surface area contributed by atoms with Gasteiger partial charge >= 0.3 is 0 Å². The summed E-state index contributed by atoms with van der Waals surface area (Å²) in [4.78, 5) is 0. The van der Waals surface area contributed by atoms with Gasteiger partial charge in [0.25, 0.3) is 0 Å². The number of hydrogen-bond acceptors (Lipinski definition) is 1. The van der Waals surface area contributed by atoms with Crippen molar-refractivity contribution in [3.63, 3.8) is 0 Å². The van der Waals surface area contributed by atoms with Crippen LogP contribution in [0.15, 0.2) is 12.2 Å². The summed E-state index contributed by atoms with van der Waals surface area (Å²) in [5.74, 6) is 1.82. The minimum atomic E-state index is 0.161. The number of rotatable bonds is 4. The molecule has 2 saturated carbocycles. The Morgan fingerprint density at radius 1 is 1.40 bits per heavy atom. The Morgan fingerprint density at radius 3 is 2.53 bits per heavy atom. The highest BCUT2D eigenvalue weighted by molar-refractivity contribution is 5.16. The van der Waals surface area contributed by atoms with E-state index >= 15 is 0 Å². The normalized spacial score (nSPS) is 41.3. The third kappa shape index (κ3) is 1.56. The molecule has 86 valence electrons. The van der Waals surface area contributed by atoms with Crippen LogP contribution in [-0.4, -0.2) is 11.7 Å². The monoisotopic (exact) mass is 208 g/mol. The molecule has 0 aliphatic heterocycles. The van der Waals surface area contributed by atoms with E-state index in [2.05, 4.69) is 27.4 Å². The van der Waals surface area contributed by atoms with Gasteiger partial charge in [0.05, 0.1) is 6.61 Å². The van der Waals surface area contributed by atoms with Crippen molar-refractivity contribution in [2.24, 2.45) is 22.7 Å². The smallest absolute Gasteiger partial charge is 0.0639 e. The lowest BCUT2D eigenvalue weighted by atomic mass is 9.69. The lowest BCUT2D eigenvalue weighted by Gasteiger charge is -2.35. The molecule has 0 amide bonds. The fraction of sp³-hybridized carbons (Fsp3) is 0.857. The molecule has 0 heterocycles. The molecular weight excluding hydrogens is 184 g/mol. The number of hydrogen-bond donors (Lipinski definition) is 1. The molecule has 0 radical (unpaired) electrons. The van der Waals surface area contributed by atoms with Crippen molar-refractivity contribution in [1.82, 2.24) is 0 Å². The largest absolute Gasteiger partial charge is 0.392 e. The first-order valence-corrected chi connectivity index (χ1v) is 6.19. The van der Waals surface area contributed by atoms with Crippen molar-refractivity contribution < 1.29 is 5.11 Å². The maximum Gasteiger partial charge on any atom is 0.0639 e. The third-order valence-electron chi connectivity index (χ3n) is 5.54. The summed E-state index contributed by atoms with van der Waals surface area (Å²) in [6, 6.07) is 0. The van der Waals surface area contributed by atoms with Crippen molar-refractivity contribution in [3.05, 3.63) is 12.2 Å². The Bertz CT molecular complexity index is 279. The maximum absolute atomic E-state index is 8.95. The number of aliphatic hydroxyl groups excluding tert-OH is 1. The first-order chi connectivity index (χ1) is 6.91. The van der Waals surface area contributed by atoms with Gasteiger partial charge in [-0.05, 0) is 48.3 Å². The summed E-state index contributed by atoms with van der Waals surface area (Å²) < 4.78 is 0. The standard InChI is InChI=1S/C14H24O/c1-10(9-15)5-6-11-7-12-8-14(12,4)13(11,2)3/h11-12,15H,1,5-9H2,2-4H3/t11?,12?,14-/m0/s1. The predicted molar refractivity (Wildman–Crippen MR) is 63.6 cm³/mol. The van der Waals surface area contributed by atoms with Gasteiger partial charge in [-0.2, -0.15) is 0 Å². The van der Waals surface area contributed by atoms with Crippen molar-refractivity contribution in [2.75, 3.05) is 6.61 Å². The first-order valence-electron chi connectivity index (χ1n) is 6.19. The van der Waals surface area contributed by atoms with Gasteiger partial charge in [-0.15, -0.1) is 0 Å². The van der Waals surface area contributed by atoms with E-state index < -0.39 is 0 Å². The van der Waals surface area contributed by atoms with Gasteiger partial charge in [-0.1, -0.05) is 32.9 Å². The first kappa shape index (κ1) is 11.2. The summed E-state index contributed by atoms with van der Waals surface area (Å²) >= 11 is 0. The van der Waals surface area contributed by atoms with Crippen LogP contribution in [0.25, 0.3) is 0 Å². The quantitative estimate of drug-likeness (QED) is 0.702. The topological polar surface area (TPSA) is 20.2 Å². The van der Waals surface area contributed by atoms with Crippen molar-refractivity contribution in [3.8, 4) is 0 Å². The average Bonchev–Trinajstić information content (AvgIpc) is 2.80. The minimum absolute atomic E-state index is 0.161. The summed E-state index contributed by atoms with van der Waals surface area (Å²) in [6.07, 6.45) is 5.07. The summed E-state index contributed by atoms with van der Waals surface area (Å²) in [6.45, 7) is 11.4. The van der Waals surface area contributed by atoms with Crippen LogP contribution in [0.3, 0.4) is 0 Å². The van der Waals surface area contributed by atoms with Crippen LogP contribution in [0.4, 0.5) is 0 Å². The van der Waals surface area contributed by atoms with Crippen LogP contribution in [0.2, 0.25) is 0 Å². The fourth-order valence-electron chi connectivity index (χ4n) is 3.63. The molecular formula is C14H24O. The van der Waals surface area contributed by atoms with Gasteiger partial charge in [0, 0.05) is 0 Å². The van der Waals surface area contributed by atoms with Gasteiger partial charge in [0.1, 0.15) is 0 Å². The van der Waals surface area contributed by atoms with E-state index in [1.54, 1.807) is 0 Å². The molecule has 3 atom stereocenters. The summed E-state index contributed by atoms with van der Waals surface area (Å²) in [5, 5.41) is 8.95. The Morgan fingerprint density at radius 2 is 2.07 bits per heavy atom. The molecule has 0 aromatic rings. The second kappa shape index (κ2) is 3.35. The second-order valence-corrected chi connectivity index (χ2v) is 6.42. The lowest BCUT2D eigenvalue weighted by molar-refractivity contribution is 0.140. The van der Waals surface area contributed by atoms with E-state index in [0.29, 0.717) is 10.8 Å². The average molecular weight is 208 g/mol. The molecule has 2 unspecified atom stereocenters.